The summed E-state index contributed by atoms with van der Waals surface area (Å²) in [4.78, 5) is 27.0. The Labute approximate surface area is 108 Å². The summed E-state index contributed by atoms with van der Waals surface area (Å²) in [5.41, 5.74) is 5.88. The van der Waals surface area contributed by atoms with Crippen LogP contribution in [0.4, 0.5) is 0 Å². The van der Waals surface area contributed by atoms with E-state index < -0.39 is 6.04 Å². The van der Waals surface area contributed by atoms with Crippen LogP contribution in [0, 0.1) is 5.41 Å². The molecule has 5 heteroatoms. The Kier molecular flexibility index (Phi) is 3.61. The minimum atomic E-state index is -0.405. The van der Waals surface area contributed by atoms with E-state index in [0.29, 0.717) is 0 Å². The fourth-order valence-electron chi connectivity index (χ4n) is 3.12. The number of rotatable bonds is 1. The highest BCUT2D eigenvalue weighted by molar-refractivity contribution is 5.81. The average molecular weight is 253 g/mol. The van der Waals surface area contributed by atoms with Gasteiger partial charge in [-0.05, 0) is 31.6 Å². The van der Waals surface area contributed by atoms with E-state index in [2.05, 4.69) is 0 Å². The van der Waals surface area contributed by atoms with E-state index >= 15 is 0 Å². The van der Waals surface area contributed by atoms with Crippen molar-refractivity contribution in [1.82, 2.24) is 9.80 Å². The fraction of sp³-hybridized carbons (Fsp3) is 0.846. The van der Waals surface area contributed by atoms with Crippen LogP contribution >= 0.6 is 0 Å². The molecule has 0 saturated carbocycles. The van der Waals surface area contributed by atoms with Gasteiger partial charge in [0.2, 0.25) is 11.8 Å². The van der Waals surface area contributed by atoms with Crippen molar-refractivity contribution in [2.45, 2.75) is 39.2 Å². The third-order valence-corrected chi connectivity index (χ3v) is 4.41. The molecule has 18 heavy (non-hydrogen) atoms. The summed E-state index contributed by atoms with van der Waals surface area (Å²) < 4.78 is 0. The van der Waals surface area contributed by atoms with Crippen LogP contribution in [-0.4, -0.2) is 53.8 Å². The number of carbonyl (C=O) groups excluding carboxylic acids is 2. The Morgan fingerprint density at radius 3 is 2.06 bits per heavy atom. The van der Waals surface area contributed by atoms with Gasteiger partial charge in [0.1, 0.15) is 0 Å². The van der Waals surface area contributed by atoms with E-state index in [4.69, 9.17) is 5.73 Å². The Hall–Kier alpha value is -1.10. The van der Waals surface area contributed by atoms with E-state index in [-0.39, 0.29) is 17.2 Å². The number of hydrogen-bond donors (Lipinski definition) is 1. The van der Waals surface area contributed by atoms with Crippen molar-refractivity contribution in [3.05, 3.63) is 0 Å². The summed E-state index contributed by atoms with van der Waals surface area (Å²) in [5, 5.41) is 0. The molecular weight excluding hydrogens is 230 g/mol. The lowest BCUT2D eigenvalue weighted by Crippen LogP contribution is -2.45. The lowest BCUT2D eigenvalue weighted by atomic mass is 9.78. The van der Waals surface area contributed by atoms with E-state index in [9.17, 15) is 9.59 Å². The van der Waals surface area contributed by atoms with Crippen molar-refractivity contribution in [2.75, 3.05) is 26.2 Å². The molecule has 0 bridgehead atoms. The van der Waals surface area contributed by atoms with E-state index in [1.807, 2.05) is 9.80 Å². The molecule has 0 radical (unpaired) electrons. The molecule has 0 aromatic carbocycles. The summed E-state index contributed by atoms with van der Waals surface area (Å²) in [6, 6.07) is -0.405. The highest BCUT2D eigenvalue weighted by Crippen LogP contribution is 2.40. The first-order valence-electron chi connectivity index (χ1n) is 6.73. The summed E-state index contributed by atoms with van der Waals surface area (Å²) in [5.74, 6) is 0.215. The van der Waals surface area contributed by atoms with Crippen LogP contribution in [-0.2, 0) is 9.59 Å². The molecule has 0 aliphatic carbocycles. The number of piperidine rings is 1. The van der Waals surface area contributed by atoms with Gasteiger partial charge in [-0.2, -0.15) is 0 Å². The SMILES string of the molecule is CC(=O)N1CCC2(CC1)CCN(C(=O)C(C)N)C2. The molecular formula is C13H23N3O2. The van der Waals surface area contributed by atoms with Crippen molar-refractivity contribution in [1.29, 1.82) is 0 Å². The highest BCUT2D eigenvalue weighted by Gasteiger charge is 2.42. The second-order valence-electron chi connectivity index (χ2n) is 5.80. The Morgan fingerprint density at radius 2 is 1.61 bits per heavy atom. The van der Waals surface area contributed by atoms with E-state index in [0.717, 1.165) is 45.4 Å². The molecule has 1 unspecified atom stereocenters. The molecule has 2 rings (SSSR count). The zero-order valence-corrected chi connectivity index (χ0v) is 11.3. The van der Waals surface area contributed by atoms with E-state index in [1.54, 1.807) is 13.8 Å². The second-order valence-corrected chi connectivity index (χ2v) is 5.80. The molecule has 102 valence electrons. The number of likely N-dealkylation sites (tertiary alicyclic amines) is 2. The second kappa shape index (κ2) is 4.88. The molecule has 0 aromatic rings. The van der Waals surface area contributed by atoms with Crippen LogP contribution in [0.3, 0.4) is 0 Å². The van der Waals surface area contributed by atoms with Gasteiger partial charge in [-0.1, -0.05) is 0 Å². The highest BCUT2D eigenvalue weighted by atomic mass is 16.2. The number of amides is 2. The molecule has 2 aliphatic heterocycles. The van der Waals surface area contributed by atoms with Gasteiger partial charge in [-0.25, -0.2) is 0 Å². The van der Waals surface area contributed by atoms with Gasteiger partial charge in [0.25, 0.3) is 0 Å². The Bertz CT molecular complexity index is 346. The summed E-state index contributed by atoms with van der Waals surface area (Å²) >= 11 is 0. The first kappa shape index (κ1) is 13.3. The van der Waals surface area contributed by atoms with Gasteiger partial charge in [-0.15, -0.1) is 0 Å². The largest absolute Gasteiger partial charge is 0.343 e. The molecule has 1 atom stereocenters. The van der Waals surface area contributed by atoms with Crippen LogP contribution in [0.5, 0.6) is 0 Å². The third-order valence-electron chi connectivity index (χ3n) is 4.41. The molecule has 2 saturated heterocycles. The van der Waals surface area contributed by atoms with Crippen LogP contribution in [0.2, 0.25) is 0 Å². The maximum Gasteiger partial charge on any atom is 0.239 e. The molecule has 2 heterocycles. The van der Waals surface area contributed by atoms with Gasteiger partial charge < -0.3 is 15.5 Å². The molecule has 2 N–H and O–H groups in total. The minimum Gasteiger partial charge on any atom is -0.343 e. The van der Waals surface area contributed by atoms with Crippen LogP contribution in [0.25, 0.3) is 0 Å². The monoisotopic (exact) mass is 253 g/mol. The normalized spacial score (nSPS) is 24.4. The number of nitrogens with zero attached hydrogens (tertiary/aromatic N) is 2. The molecule has 2 amide bonds. The first-order valence-corrected chi connectivity index (χ1v) is 6.73. The zero-order valence-electron chi connectivity index (χ0n) is 11.3. The molecule has 1 spiro atoms. The summed E-state index contributed by atoms with van der Waals surface area (Å²) in [6.45, 7) is 6.66. The van der Waals surface area contributed by atoms with E-state index in [1.165, 1.54) is 0 Å². The van der Waals surface area contributed by atoms with Crippen molar-refractivity contribution >= 4 is 11.8 Å². The standard InChI is InChI=1S/C13H23N3O2/c1-10(14)12(18)16-8-5-13(9-16)3-6-15(7-4-13)11(2)17/h10H,3-9,14H2,1-2H3. The number of carbonyl (C=O) groups is 2. The maximum absolute atomic E-state index is 11.9. The summed E-state index contributed by atoms with van der Waals surface area (Å²) in [6.07, 6.45) is 3.07. The average Bonchev–Trinajstić information content (AvgIpc) is 2.72. The smallest absolute Gasteiger partial charge is 0.239 e. The number of hydrogen-bond acceptors (Lipinski definition) is 3. The quantitative estimate of drug-likeness (QED) is 0.725. The predicted molar refractivity (Wildman–Crippen MR) is 68.8 cm³/mol. The van der Waals surface area contributed by atoms with Crippen molar-refractivity contribution in [3.8, 4) is 0 Å². The maximum atomic E-state index is 11.9. The first-order chi connectivity index (χ1) is 8.43. The van der Waals surface area contributed by atoms with Crippen LogP contribution in [0.1, 0.15) is 33.1 Å². The van der Waals surface area contributed by atoms with Gasteiger partial charge in [0.15, 0.2) is 0 Å². The van der Waals surface area contributed by atoms with Crippen molar-refractivity contribution in [3.63, 3.8) is 0 Å². The summed E-state index contributed by atoms with van der Waals surface area (Å²) in [7, 11) is 0. The van der Waals surface area contributed by atoms with Gasteiger partial charge in [-0.3, -0.25) is 9.59 Å². The predicted octanol–water partition coefficient (Wildman–Crippen LogP) is 0.195. The molecule has 5 nitrogen and oxygen atoms in total. The van der Waals surface area contributed by atoms with Crippen LogP contribution < -0.4 is 5.73 Å². The van der Waals surface area contributed by atoms with Crippen molar-refractivity contribution < 1.29 is 9.59 Å². The van der Waals surface area contributed by atoms with Crippen LogP contribution in [0.15, 0.2) is 0 Å². The lowest BCUT2D eigenvalue weighted by Gasteiger charge is -2.39. The molecule has 2 aliphatic rings. The Balaban J connectivity index is 1.93. The zero-order chi connectivity index (χ0) is 13.3. The lowest BCUT2D eigenvalue weighted by molar-refractivity contribution is -0.133. The third kappa shape index (κ3) is 2.51. The molecule has 0 aromatic heterocycles. The number of nitrogens with two attached hydrogens (primary N) is 1. The Morgan fingerprint density at radius 1 is 1.11 bits per heavy atom. The van der Waals surface area contributed by atoms with Crippen molar-refractivity contribution in [2.24, 2.45) is 11.1 Å². The fourth-order valence-corrected chi connectivity index (χ4v) is 3.12. The topological polar surface area (TPSA) is 66.6 Å². The minimum absolute atomic E-state index is 0.0564. The van der Waals surface area contributed by atoms with Gasteiger partial charge >= 0.3 is 0 Å². The van der Waals surface area contributed by atoms with Gasteiger partial charge in [0, 0.05) is 33.1 Å². The molecule has 2 fully saturated rings. The van der Waals surface area contributed by atoms with Gasteiger partial charge in [0.05, 0.1) is 6.04 Å².